The molecule has 0 bridgehead atoms. The summed E-state index contributed by atoms with van der Waals surface area (Å²) in [6, 6.07) is 0. The summed E-state index contributed by atoms with van der Waals surface area (Å²) in [6.45, 7) is 4.16. The van der Waals surface area contributed by atoms with E-state index in [0.717, 1.165) is 89.9 Å². The van der Waals surface area contributed by atoms with Crippen LogP contribution in [-0.4, -0.2) is 70.0 Å². The Bertz CT molecular complexity index is 1990. The molecule has 96 heavy (non-hydrogen) atoms. The highest BCUT2D eigenvalue weighted by Crippen LogP contribution is 2.38. The van der Waals surface area contributed by atoms with Crippen LogP contribution in [0.2, 0.25) is 0 Å². The Morgan fingerprint density at radius 3 is 0.885 bits per heavy atom. The molecule has 2 atom stereocenters. The number of likely N-dealkylation sites (N-methyl/N-ethyl adjacent to an activating group) is 1. The highest BCUT2D eigenvalue weighted by Gasteiger charge is 2.22. The highest BCUT2D eigenvalue weighted by atomic mass is 31.2. The average Bonchev–Trinajstić information content (AvgIpc) is 2.72. The van der Waals surface area contributed by atoms with Crippen molar-refractivity contribution in [3.63, 3.8) is 0 Å². The van der Waals surface area contributed by atoms with Crippen molar-refractivity contribution in [3.05, 3.63) is 109 Å². The van der Waals surface area contributed by atoms with Crippen molar-refractivity contribution in [3.8, 4) is 0 Å². The Kier molecular flexibility index (Phi) is 73.2. The molecular weight excluding hydrogens is 1210 g/mol. The molecule has 0 aliphatic rings. The second-order valence-corrected chi connectivity index (χ2v) is 29.8. The van der Waals surface area contributed by atoms with Crippen molar-refractivity contribution in [2.45, 2.75) is 380 Å². The number of quaternary nitrogens is 1. The maximum Gasteiger partial charge on any atom is 0.306 e. The van der Waals surface area contributed by atoms with Gasteiger partial charge in [0, 0.05) is 12.8 Å². The number of ether oxygens (including phenoxy) is 2. The summed E-state index contributed by atoms with van der Waals surface area (Å²) in [4.78, 5) is 38.2. The first-order chi connectivity index (χ1) is 47.0. The molecule has 2 unspecified atom stereocenters. The fraction of sp³-hybridized carbons (Fsp3) is 0.767. The van der Waals surface area contributed by atoms with E-state index in [0.29, 0.717) is 17.4 Å². The van der Waals surface area contributed by atoms with Crippen LogP contribution < -0.4 is 4.89 Å². The van der Waals surface area contributed by atoms with Crippen LogP contribution in [-0.2, 0) is 32.7 Å². The molecule has 0 fully saturated rings. The topological polar surface area (TPSA) is 111 Å². The van der Waals surface area contributed by atoms with Crippen molar-refractivity contribution in [2.24, 2.45) is 0 Å². The summed E-state index contributed by atoms with van der Waals surface area (Å²) in [7, 11) is 1.17. The Morgan fingerprint density at radius 1 is 0.333 bits per heavy atom. The van der Waals surface area contributed by atoms with E-state index in [4.69, 9.17) is 18.5 Å². The Balaban J connectivity index is 3.95. The molecule has 0 radical (unpaired) electrons. The number of carbonyl (C=O) groups is 2. The quantitative estimate of drug-likeness (QED) is 0.0195. The summed E-state index contributed by atoms with van der Waals surface area (Å²) in [5, 5.41) is 0. The molecule has 0 saturated carbocycles. The number of carbonyl (C=O) groups excluding carboxylic acids is 2. The van der Waals surface area contributed by atoms with Crippen LogP contribution in [0.25, 0.3) is 0 Å². The number of rotatable bonds is 75. The largest absolute Gasteiger partial charge is 0.756 e. The maximum atomic E-state index is 12.9. The van der Waals surface area contributed by atoms with E-state index < -0.39 is 26.5 Å². The van der Waals surface area contributed by atoms with Gasteiger partial charge in [-0.2, -0.15) is 0 Å². The number of nitrogens with zero attached hydrogens (tertiary/aromatic N) is 1. The van der Waals surface area contributed by atoms with Gasteiger partial charge in [0.2, 0.25) is 0 Å². The fourth-order valence-electron chi connectivity index (χ4n) is 11.6. The monoisotopic (exact) mass is 1360 g/mol. The predicted molar refractivity (Wildman–Crippen MR) is 415 cm³/mol. The predicted octanol–water partition coefficient (Wildman–Crippen LogP) is 26.5. The number of unbranched alkanes of at least 4 members (excludes halogenated alkanes) is 43. The van der Waals surface area contributed by atoms with Gasteiger partial charge in [0.25, 0.3) is 7.82 Å². The molecule has 0 aromatic rings. The number of esters is 2. The zero-order valence-electron chi connectivity index (χ0n) is 63.6. The smallest absolute Gasteiger partial charge is 0.306 e. The van der Waals surface area contributed by atoms with E-state index in [1.807, 2.05) is 21.1 Å². The lowest BCUT2D eigenvalue weighted by Crippen LogP contribution is -2.37. The van der Waals surface area contributed by atoms with Crippen LogP contribution in [0.15, 0.2) is 109 Å². The fourth-order valence-corrected chi connectivity index (χ4v) is 12.3. The van der Waals surface area contributed by atoms with E-state index in [9.17, 15) is 19.0 Å². The van der Waals surface area contributed by atoms with Gasteiger partial charge in [0.1, 0.15) is 19.8 Å². The maximum absolute atomic E-state index is 12.9. The minimum atomic E-state index is -4.65. The lowest BCUT2D eigenvalue weighted by Gasteiger charge is -2.28. The molecule has 0 amide bonds. The van der Waals surface area contributed by atoms with E-state index >= 15 is 0 Å². The number of allylic oxidation sites excluding steroid dienone is 18. The van der Waals surface area contributed by atoms with Gasteiger partial charge in [-0.1, -0.05) is 367 Å². The first-order valence-corrected chi connectivity index (χ1v) is 42.1. The molecule has 0 aliphatic heterocycles. The van der Waals surface area contributed by atoms with Crippen LogP contribution in [0.5, 0.6) is 0 Å². The van der Waals surface area contributed by atoms with Crippen molar-refractivity contribution in [2.75, 3.05) is 47.5 Å². The van der Waals surface area contributed by atoms with E-state index in [1.165, 1.54) is 250 Å². The minimum absolute atomic E-state index is 0.0321. The molecule has 0 aromatic heterocycles. The summed E-state index contributed by atoms with van der Waals surface area (Å²) >= 11 is 0. The van der Waals surface area contributed by atoms with Crippen molar-refractivity contribution in [1.82, 2.24) is 0 Å². The Labute approximate surface area is 595 Å². The normalized spacial score (nSPS) is 13.6. The van der Waals surface area contributed by atoms with Crippen LogP contribution in [0.4, 0.5) is 0 Å². The molecule has 0 aliphatic carbocycles. The van der Waals surface area contributed by atoms with Gasteiger partial charge in [-0.05, 0) is 103 Å². The lowest BCUT2D eigenvalue weighted by atomic mass is 10.0. The SMILES string of the molecule is CC/C=C\C/C=C\C/C=C\C/C=C\C/C=C\C/C=C\C/C=C\CCCCCCCCCCCCCCCCCC(=O)OC(COC(=O)CCCCCCCCCCCCCCCCCCCCCCCCC/C=C\C/C=C\CCCCCCC)COP(=O)([O-])OCC[N+](C)(C)C. The molecule has 9 nitrogen and oxygen atoms in total. The lowest BCUT2D eigenvalue weighted by molar-refractivity contribution is -0.870. The zero-order valence-corrected chi connectivity index (χ0v) is 64.5. The zero-order chi connectivity index (χ0) is 69.7. The number of phosphoric ester groups is 1. The molecule has 0 heterocycles. The summed E-state index contributed by atoms with van der Waals surface area (Å²) in [5.74, 6) is -0.819. The third kappa shape index (κ3) is 79.7. The van der Waals surface area contributed by atoms with Crippen LogP contribution in [0.1, 0.15) is 373 Å². The van der Waals surface area contributed by atoms with Gasteiger partial charge < -0.3 is 27.9 Å². The van der Waals surface area contributed by atoms with Crippen molar-refractivity contribution in [1.29, 1.82) is 0 Å². The van der Waals surface area contributed by atoms with Gasteiger partial charge in [0.05, 0.1) is 27.7 Å². The first-order valence-electron chi connectivity index (χ1n) is 40.6. The average molecular weight is 1360 g/mol. The molecule has 0 saturated heterocycles. The second-order valence-electron chi connectivity index (χ2n) is 28.4. The molecule has 556 valence electrons. The van der Waals surface area contributed by atoms with Gasteiger partial charge in [-0.3, -0.25) is 14.2 Å². The van der Waals surface area contributed by atoms with Crippen LogP contribution >= 0.6 is 7.82 Å². The molecule has 10 heteroatoms. The third-order valence-corrected chi connectivity index (χ3v) is 18.7. The molecule has 0 spiro atoms. The summed E-state index contributed by atoms with van der Waals surface area (Å²) in [5.41, 5.74) is 0. The van der Waals surface area contributed by atoms with Gasteiger partial charge in [0.15, 0.2) is 6.10 Å². The molecule has 0 N–H and O–H groups in total. The Morgan fingerprint density at radius 2 is 0.594 bits per heavy atom. The highest BCUT2D eigenvalue weighted by molar-refractivity contribution is 7.45. The van der Waals surface area contributed by atoms with Crippen LogP contribution in [0, 0.1) is 0 Å². The minimum Gasteiger partial charge on any atom is -0.756 e. The second kappa shape index (κ2) is 75.9. The van der Waals surface area contributed by atoms with Gasteiger partial charge in [-0.15, -0.1) is 0 Å². The summed E-state index contributed by atoms with van der Waals surface area (Å²) in [6.07, 6.45) is 108. The number of hydrogen-bond acceptors (Lipinski definition) is 8. The summed E-state index contributed by atoms with van der Waals surface area (Å²) < 4.78 is 34.4. The molecular formula is C86H154NO8P. The standard InChI is InChI=1S/C86H154NO8P/c1-6-8-10-12-14-16-18-20-22-24-26-28-30-32-34-36-38-40-42-43-45-47-49-51-53-55-57-59-61-63-65-67-69-71-73-75-77-79-86(89)95-84(83-94-96(90,91)93-81-80-87(3,4)5)82-92-85(88)78-76-74-72-70-68-66-64-62-60-58-56-54-52-50-48-46-44-41-39-37-35-33-31-29-27-25-23-21-19-17-15-13-11-9-7-2/h8,10,14,16,19-22,25-28,32,34,38,40,43,45,84H,6-7,9,11-13,15,17-18,23-24,29-31,33,35-37,39,41-42,44,46-83H2,1-5H3/b10-8-,16-14-,21-19-,22-20-,27-25-,28-26-,34-32-,40-38-,45-43-. The van der Waals surface area contributed by atoms with Crippen molar-refractivity contribution < 1.29 is 42.1 Å². The van der Waals surface area contributed by atoms with E-state index in [2.05, 4.69) is 123 Å². The number of phosphoric acid groups is 1. The van der Waals surface area contributed by atoms with Crippen LogP contribution in [0.3, 0.4) is 0 Å². The molecule has 0 aromatic carbocycles. The van der Waals surface area contributed by atoms with E-state index in [-0.39, 0.29) is 32.0 Å². The Hall–Kier alpha value is -3.33. The number of hydrogen-bond donors (Lipinski definition) is 0. The van der Waals surface area contributed by atoms with Gasteiger partial charge in [-0.25, -0.2) is 0 Å². The first kappa shape index (κ1) is 92.7. The van der Waals surface area contributed by atoms with Gasteiger partial charge >= 0.3 is 11.9 Å². The third-order valence-electron chi connectivity index (χ3n) is 17.8. The van der Waals surface area contributed by atoms with E-state index in [1.54, 1.807) is 0 Å². The molecule has 0 rings (SSSR count). The van der Waals surface area contributed by atoms with Crippen molar-refractivity contribution >= 4 is 19.8 Å².